The number of rotatable bonds is 8. The maximum atomic E-state index is 13.4. The van der Waals surface area contributed by atoms with E-state index in [1.807, 2.05) is 32.0 Å². The Morgan fingerprint density at radius 2 is 1.73 bits per heavy atom. The Hall–Kier alpha value is -2.80. The number of ether oxygens (including phenoxy) is 1. The number of para-hydroxylation sites is 1. The second kappa shape index (κ2) is 10.9. The van der Waals surface area contributed by atoms with Crippen molar-refractivity contribution in [1.29, 1.82) is 0 Å². The van der Waals surface area contributed by atoms with E-state index >= 15 is 0 Å². The van der Waals surface area contributed by atoms with Gasteiger partial charge in [0.1, 0.15) is 11.5 Å². The van der Waals surface area contributed by atoms with Gasteiger partial charge in [-0.15, -0.1) is 0 Å². The van der Waals surface area contributed by atoms with Crippen LogP contribution in [0.1, 0.15) is 37.0 Å². The minimum Gasteiger partial charge on any atom is -0.488 e. The van der Waals surface area contributed by atoms with Crippen LogP contribution in [0.3, 0.4) is 0 Å². The summed E-state index contributed by atoms with van der Waals surface area (Å²) in [6, 6.07) is 12.1. The predicted octanol–water partition coefficient (Wildman–Crippen LogP) is 6.32. The van der Waals surface area contributed by atoms with Gasteiger partial charge in [0.05, 0.1) is 6.04 Å². The summed E-state index contributed by atoms with van der Waals surface area (Å²) in [5, 5.41) is 3.33. The Labute approximate surface area is 196 Å². The minimum atomic E-state index is -4.62. The Balaban J connectivity index is 1.71. The third kappa shape index (κ3) is 6.60. The Kier molecular flexibility index (Phi) is 8.19. The highest BCUT2D eigenvalue weighted by Gasteiger charge is 2.37. The highest BCUT2D eigenvalue weighted by atomic mass is 35.5. The number of hydrogen-bond acceptors (Lipinski definition) is 3. The molecule has 0 aliphatic carbocycles. The van der Waals surface area contributed by atoms with Crippen molar-refractivity contribution in [3.63, 3.8) is 0 Å². The average Bonchev–Trinajstić information content (AvgIpc) is 2.78. The molecular weight excluding hydrogens is 453 g/mol. The van der Waals surface area contributed by atoms with E-state index in [0.717, 1.165) is 35.7 Å². The summed E-state index contributed by atoms with van der Waals surface area (Å²) in [6.07, 6.45) is -1.89. The van der Waals surface area contributed by atoms with Crippen molar-refractivity contribution in [3.8, 4) is 0 Å². The molecule has 33 heavy (non-hydrogen) atoms. The number of carbonyl (C=O) groups is 1. The lowest BCUT2D eigenvalue weighted by atomic mass is 9.99. The molecule has 1 unspecified atom stereocenters. The molecule has 0 spiro atoms. The topological polar surface area (TPSA) is 50.7 Å². The molecule has 2 aromatic carbocycles. The van der Waals surface area contributed by atoms with Crippen LogP contribution in [-0.4, -0.2) is 30.4 Å². The number of halogens is 4. The van der Waals surface area contributed by atoms with Gasteiger partial charge in [-0.2, -0.15) is 13.2 Å². The number of aliphatic imine (C=N–C) groups is 1. The maximum absolute atomic E-state index is 13.4. The highest BCUT2D eigenvalue weighted by Crippen LogP contribution is 2.29. The number of hydrogen-bond donors (Lipinski definition) is 1. The molecule has 4 nitrogen and oxygen atoms in total. The fourth-order valence-electron chi connectivity index (χ4n) is 3.75. The molecule has 0 bridgehead atoms. The molecule has 1 atom stereocenters. The SMILES string of the molecule is CCc1cccc(CC)c1NC(=O)COC1=CC(C(F)(F)F)=NC(Cc2ccccc2Cl)C1. The largest absolute Gasteiger partial charge is 0.488 e. The summed E-state index contributed by atoms with van der Waals surface area (Å²) in [5.74, 6) is -0.353. The van der Waals surface area contributed by atoms with Crippen LogP contribution in [0.15, 0.2) is 59.3 Å². The van der Waals surface area contributed by atoms with Crippen molar-refractivity contribution in [1.82, 2.24) is 0 Å². The lowest BCUT2D eigenvalue weighted by Gasteiger charge is -2.23. The molecule has 0 radical (unpaired) electrons. The summed E-state index contributed by atoms with van der Waals surface area (Å²) in [6.45, 7) is 3.59. The van der Waals surface area contributed by atoms with Crippen LogP contribution in [0.25, 0.3) is 0 Å². The van der Waals surface area contributed by atoms with Gasteiger partial charge in [-0.05, 0) is 42.0 Å². The lowest BCUT2D eigenvalue weighted by molar-refractivity contribution is -0.119. The van der Waals surface area contributed by atoms with Gasteiger partial charge in [-0.3, -0.25) is 9.79 Å². The fourth-order valence-corrected chi connectivity index (χ4v) is 3.96. The Morgan fingerprint density at radius 1 is 1.09 bits per heavy atom. The minimum absolute atomic E-state index is 0.0732. The van der Waals surface area contributed by atoms with Crippen LogP contribution in [0.2, 0.25) is 5.02 Å². The smallest absolute Gasteiger partial charge is 0.433 e. The van der Waals surface area contributed by atoms with Crippen molar-refractivity contribution in [2.24, 2.45) is 4.99 Å². The molecule has 0 saturated carbocycles. The van der Waals surface area contributed by atoms with Gasteiger partial charge in [0.25, 0.3) is 5.91 Å². The summed E-state index contributed by atoms with van der Waals surface area (Å²) < 4.78 is 45.8. The number of allylic oxidation sites excluding steroid dienone is 1. The zero-order valence-electron chi connectivity index (χ0n) is 18.5. The van der Waals surface area contributed by atoms with E-state index in [1.165, 1.54) is 0 Å². The van der Waals surface area contributed by atoms with Crippen LogP contribution >= 0.6 is 11.6 Å². The number of nitrogens with one attached hydrogen (secondary N) is 1. The highest BCUT2D eigenvalue weighted by molar-refractivity contribution is 6.31. The van der Waals surface area contributed by atoms with Crippen molar-refractivity contribution >= 4 is 28.9 Å². The Bertz CT molecular complexity index is 1040. The first-order valence-electron chi connectivity index (χ1n) is 10.8. The van der Waals surface area contributed by atoms with E-state index in [0.29, 0.717) is 10.6 Å². The van der Waals surface area contributed by atoms with Crippen molar-refractivity contribution in [2.45, 2.75) is 51.7 Å². The number of aryl methyl sites for hydroxylation is 2. The molecule has 0 aromatic heterocycles. The van der Waals surface area contributed by atoms with Crippen LogP contribution in [-0.2, 0) is 28.8 Å². The number of amides is 1. The normalized spacial score (nSPS) is 16.1. The van der Waals surface area contributed by atoms with Crippen molar-refractivity contribution in [3.05, 3.63) is 76.0 Å². The van der Waals surface area contributed by atoms with Gasteiger partial charge in [0.15, 0.2) is 6.61 Å². The van der Waals surface area contributed by atoms with Crippen LogP contribution in [0, 0.1) is 0 Å². The van der Waals surface area contributed by atoms with Gasteiger partial charge in [-0.1, -0.05) is 61.8 Å². The predicted molar refractivity (Wildman–Crippen MR) is 125 cm³/mol. The summed E-state index contributed by atoms with van der Waals surface area (Å²) in [7, 11) is 0. The van der Waals surface area contributed by atoms with Gasteiger partial charge < -0.3 is 10.1 Å². The second-order valence-electron chi connectivity index (χ2n) is 7.77. The second-order valence-corrected chi connectivity index (χ2v) is 8.18. The first-order chi connectivity index (χ1) is 15.7. The molecule has 1 aliphatic heterocycles. The monoisotopic (exact) mass is 478 g/mol. The van der Waals surface area contributed by atoms with Crippen LogP contribution < -0.4 is 5.32 Å². The van der Waals surface area contributed by atoms with Crippen molar-refractivity contribution < 1.29 is 22.7 Å². The van der Waals surface area contributed by atoms with Crippen molar-refractivity contribution in [2.75, 3.05) is 11.9 Å². The van der Waals surface area contributed by atoms with E-state index in [2.05, 4.69) is 10.3 Å². The average molecular weight is 479 g/mol. The van der Waals surface area contributed by atoms with Gasteiger partial charge in [-0.25, -0.2) is 0 Å². The van der Waals surface area contributed by atoms with Crippen LogP contribution in [0.4, 0.5) is 18.9 Å². The molecule has 8 heteroatoms. The molecule has 176 valence electrons. The standard InChI is InChI=1S/C25H26ClF3N2O2/c1-3-16-9-7-10-17(4-2)24(16)31-23(32)15-33-20-13-19(30-22(14-20)25(27,28)29)12-18-8-5-6-11-21(18)26/h5-11,14,19H,3-4,12-13,15H2,1-2H3,(H,31,32). The maximum Gasteiger partial charge on any atom is 0.433 e. The van der Waals surface area contributed by atoms with E-state index in [9.17, 15) is 18.0 Å². The molecule has 1 aliphatic rings. The molecule has 1 heterocycles. The zero-order chi connectivity index (χ0) is 24.0. The molecule has 0 saturated heterocycles. The first-order valence-corrected chi connectivity index (χ1v) is 11.2. The Morgan fingerprint density at radius 3 is 2.33 bits per heavy atom. The fraction of sp³-hybridized carbons (Fsp3) is 0.360. The third-order valence-corrected chi connectivity index (χ3v) is 5.78. The number of benzene rings is 2. The van der Waals surface area contributed by atoms with E-state index < -0.39 is 30.4 Å². The number of alkyl halides is 3. The summed E-state index contributed by atoms with van der Waals surface area (Å²) in [4.78, 5) is 16.4. The molecule has 2 aromatic rings. The molecule has 1 N–H and O–H groups in total. The molecule has 3 rings (SSSR count). The number of nitrogens with zero attached hydrogens (tertiary/aromatic N) is 1. The molecular formula is C25H26ClF3N2O2. The first kappa shape index (κ1) is 24.8. The lowest BCUT2D eigenvalue weighted by Crippen LogP contribution is -2.29. The number of dihydropyridines is 1. The van der Waals surface area contributed by atoms with Crippen LogP contribution in [0.5, 0.6) is 0 Å². The molecule has 1 amide bonds. The van der Waals surface area contributed by atoms with E-state index in [-0.39, 0.29) is 18.6 Å². The van der Waals surface area contributed by atoms with E-state index in [1.54, 1.807) is 24.3 Å². The quantitative estimate of drug-likeness (QED) is 0.482. The summed E-state index contributed by atoms with van der Waals surface area (Å²) >= 11 is 6.17. The van der Waals surface area contributed by atoms with Gasteiger partial charge in [0, 0.05) is 23.2 Å². The van der Waals surface area contributed by atoms with Gasteiger partial charge >= 0.3 is 6.18 Å². The zero-order valence-corrected chi connectivity index (χ0v) is 19.3. The van der Waals surface area contributed by atoms with E-state index in [4.69, 9.17) is 16.3 Å². The molecule has 0 fully saturated rings. The number of carbonyl (C=O) groups excluding carboxylic acids is 1. The number of anilines is 1. The van der Waals surface area contributed by atoms with Gasteiger partial charge in [0.2, 0.25) is 0 Å². The third-order valence-electron chi connectivity index (χ3n) is 5.41. The summed E-state index contributed by atoms with van der Waals surface area (Å²) in [5.41, 5.74) is 2.40.